The molecule has 1 aromatic carbocycles. The number of anilines is 2. The summed E-state index contributed by atoms with van der Waals surface area (Å²) in [6.07, 6.45) is 0. The number of thiazole rings is 1. The SMILES string of the molecule is Cc1csc(NC(=O)C(=O)Nc2c(C)cccc2C)n1. The lowest BCUT2D eigenvalue weighted by molar-refractivity contribution is -0.133. The molecule has 0 saturated heterocycles. The highest BCUT2D eigenvalue weighted by Gasteiger charge is 2.17. The number of amides is 2. The van der Waals surface area contributed by atoms with Gasteiger partial charge in [-0.3, -0.25) is 14.9 Å². The largest absolute Gasteiger partial charge is 0.317 e. The topological polar surface area (TPSA) is 71.1 Å². The van der Waals surface area contributed by atoms with E-state index in [4.69, 9.17) is 0 Å². The quantitative estimate of drug-likeness (QED) is 0.835. The summed E-state index contributed by atoms with van der Waals surface area (Å²) in [4.78, 5) is 27.8. The summed E-state index contributed by atoms with van der Waals surface area (Å²) in [5.41, 5.74) is 3.30. The second-order valence-corrected chi connectivity index (χ2v) is 5.33. The van der Waals surface area contributed by atoms with Gasteiger partial charge in [0.2, 0.25) is 0 Å². The van der Waals surface area contributed by atoms with Gasteiger partial charge in [-0.15, -0.1) is 11.3 Å². The molecule has 0 fully saturated rings. The van der Waals surface area contributed by atoms with Crippen molar-refractivity contribution in [2.75, 3.05) is 10.6 Å². The maximum Gasteiger partial charge on any atom is 0.315 e. The van der Waals surface area contributed by atoms with Crippen LogP contribution in [0.4, 0.5) is 10.8 Å². The normalized spacial score (nSPS) is 10.2. The summed E-state index contributed by atoms with van der Waals surface area (Å²) in [6.45, 7) is 5.58. The summed E-state index contributed by atoms with van der Waals surface area (Å²) in [7, 11) is 0. The summed E-state index contributed by atoms with van der Waals surface area (Å²) in [5, 5.41) is 7.33. The molecule has 0 aliphatic carbocycles. The zero-order valence-electron chi connectivity index (χ0n) is 11.5. The highest BCUT2D eigenvalue weighted by Crippen LogP contribution is 2.19. The van der Waals surface area contributed by atoms with Crippen molar-refractivity contribution < 1.29 is 9.59 Å². The number of hydrogen-bond acceptors (Lipinski definition) is 4. The molecule has 1 aromatic heterocycles. The lowest BCUT2D eigenvalue weighted by atomic mass is 10.1. The van der Waals surface area contributed by atoms with Gasteiger partial charge in [0.25, 0.3) is 0 Å². The van der Waals surface area contributed by atoms with Crippen LogP contribution in [0.1, 0.15) is 16.8 Å². The summed E-state index contributed by atoms with van der Waals surface area (Å²) < 4.78 is 0. The van der Waals surface area contributed by atoms with Crippen LogP contribution >= 0.6 is 11.3 Å². The second-order valence-electron chi connectivity index (χ2n) is 4.47. The van der Waals surface area contributed by atoms with E-state index in [9.17, 15) is 9.59 Å². The Morgan fingerprint density at radius 3 is 2.20 bits per heavy atom. The minimum atomic E-state index is -0.720. The number of nitrogens with one attached hydrogen (secondary N) is 2. The average molecular weight is 289 g/mol. The van der Waals surface area contributed by atoms with Crippen molar-refractivity contribution in [2.45, 2.75) is 20.8 Å². The van der Waals surface area contributed by atoms with Crippen LogP contribution in [0.15, 0.2) is 23.6 Å². The molecule has 0 aliphatic heterocycles. The molecule has 2 amide bonds. The van der Waals surface area contributed by atoms with E-state index in [1.165, 1.54) is 11.3 Å². The van der Waals surface area contributed by atoms with Crippen LogP contribution in [0.2, 0.25) is 0 Å². The standard InChI is InChI=1S/C14H15N3O2S/c1-8-5-4-6-9(2)11(8)16-12(18)13(19)17-14-15-10(3)7-20-14/h4-7H,1-3H3,(H,16,18)(H,15,17,19). The molecular weight excluding hydrogens is 274 g/mol. The predicted octanol–water partition coefficient (Wildman–Crippen LogP) is 2.65. The Labute approximate surface area is 121 Å². The maximum atomic E-state index is 11.9. The molecule has 104 valence electrons. The Morgan fingerprint density at radius 1 is 1.05 bits per heavy atom. The maximum absolute atomic E-state index is 11.9. The molecule has 2 aromatic rings. The third kappa shape index (κ3) is 3.21. The van der Waals surface area contributed by atoms with Gasteiger partial charge in [-0.25, -0.2) is 4.98 Å². The van der Waals surface area contributed by atoms with E-state index in [1.807, 2.05) is 39.0 Å². The second kappa shape index (κ2) is 5.83. The molecule has 0 radical (unpaired) electrons. The van der Waals surface area contributed by atoms with E-state index in [-0.39, 0.29) is 0 Å². The van der Waals surface area contributed by atoms with Crippen molar-refractivity contribution in [1.82, 2.24) is 4.98 Å². The fraction of sp³-hybridized carbons (Fsp3) is 0.214. The van der Waals surface area contributed by atoms with Gasteiger partial charge in [-0.05, 0) is 31.9 Å². The highest BCUT2D eigenvalue weighted by atomic mass is 32.1. The Hall–Kier alpha value is -2.21. The first-order valence-corrected chi connectivity index (χ1v) is 6.96. The molecule has 6 heteroatoms. The first kappa shape index (κ1) is 14.2. The van der Waals surface area contributed by atoms with E-state index in [1.54, 1.807) is 5.38 Å². The molecule has 2 N–H and O–H groups in total. The number of benzene rings is 1. The van der Waals surface area contributed by atoms with Gasteiger partial charge in [0.15, 0.2) is 5.13 Å². The lowest BCUT2D eigenvalue weighted by Crippen LogP contribution is -2.29. The summed E-state index contributed by atoms with van der Waals surface area (Å²) in [5.74, 6) is -1.42. The van der Waals surface area contributed by atoms with Crippen LogP contribution < -0.4 is 10.6 Å². The molecule has 0 saturated carbocycles. The minimum absolute atomic E-state index is 0.421. The Bertz CT molecular complexity index is 644. The van der Waals surface area contributed by atoms with Crippen LogP contribution in [0.3, 0.4) is 0 Å². The molecule has 0 aliphatic rings. The fourth-order valence-electron chi connectivity index (χ4n) is 1.75. The minimum Gasteiger partial charge on any atom is -0.317 e. The van der Waals surface area contributed by atoms with Crippen molar-refractivity contribution in [1.29, 1.82) is 0 Å². The first-order valence-electron chi connectivity index (χ1n) is 6.08. The molecule has 0 bridgehead atoms. The van der Waals surface area contributed by atoms with Crippen LogP contribution in [-0.4, -0.2) is 16.8 Å². The predicted molar refractivity (Wildman–Crippen MR) is 80.0 cm³/mol. The first-order chi connectivity index (χ1) is 9.47. The number of aromatic nitrogens is 1. The van der Waals surface area contributed by atoms with E-state index in [0.29, 0.717) is 10.8 Å². The number of carbonyl (C=O) groups excluding carboxylic acids is 2. The van der Waals surface area contributed by atoms with Crippen LogP contribution in [-0.2, 0) is 9.59 Å². The third-order valence-electron chi connectivity index (χ3n) is 2.77. The van der Waals surface area contributed by atoms with Crippen molar-refractivity contribution in [2.24, 2.45) is 0 Å². The van der Waals surface area contributed by atoms with E-state index >= 15 is 0 Å². The monoisotopic (exact) mass is 289 g/mol. The number of hydrogen-bond donors (Lipinski definition) is 2. The Kier molecular flexibility index (Phi) is 4.14. The molecular formula is C14H15N3O2S. The van der Waals surface area contributed by atoms with Crippen molar-refractivity contribution >= 4 is 34.0 Å². The van der Waals surface area contributed by atoms with Gasteiger partial charge in [0.05, 0.1) is 5.69 Å². The van der Waals surface area contributed by atoms with Gasteiger partial charge in [-0.2, -0.15) is 0 Å². The molecule has 0 atom stereocenters. The van der Waals surface area contributed by atoms with E-state index < -0.39 is 11.8 Å². The molecule has 1 heterocycles. The van der Waals surface area contributed by atoms with Gasteiger partial charge in [-0.1, -0.05) is 18.2 Å². The molecule has 0 unspecified atom stereocenters. The number of para-hydroxylation sites is 1. The van der Waals surface area contributed by atoms with Gasteiger partial charge >= 0.3 is 11.8 Å². The van der Waals surface area contributed by atoms with Crippen LogP contribution in [0.5, 0.6) is 0 Å². The average Bonchev–Trinajstić information content (AvgIpc) is 2.79. The summed E-state index contributed by atoms with van der Waals surface area (Å²) >= 11 is 1.28. The highest BCUT2D eigenvalue weighted by molar-refractivity contribution is 7.14. The van der Waals surface area contributed by atoms with Crippen molar-refractivity contribution in [3.05, 3.63) is 40.4 Å². The van der Waals surface area contributed by atoms with Gasteiger partial charge in [0, 0.05) is 11.1 Å². The number of aryl methyl sites for hydroxylation is 3. The number of carbonyl (C=O) groups is 2. The zero-order chi connectivity index (χ0) is 14.7. The fourth-order valence-corrected chi connectivity index (χ4v) is 2.43. The third-order valence-corrected chi connectivity index (χ3v) is 3.64. The number of rotatable bonds is 2. The van der Waals surface area contributed by atoms with Crippen LogP contribution in [0.25, 0.3) is 0 Å². The Balaban J connectivity index is 2.06. The van der Waals surface area contributed by atoms with E-state index in [2.05, 4.69) is 15.6 Å². The Morgan fingerprint density at radius 2 is 1.65 bits per heavy atom. The summed E-state index contributed by atoms with van der Waals surface area (Å²) in [6, 6.07) is 5.66. The lowest BCUT2D eigenvalue weighted by Gasteiger charge is -2.10. The van der Waals surface area contributed by atoms with Crippen molar-refractivity contribution in [3.63, 3.8) is 0 Å². The van der Waals surface area contributed by atoms with Gasteiger partial charge < -0.3 is 5.32 Å². The molecule has 20 heavy (non-hydrogen) atoms. The molecule has 5 nitrogen and oxygen atoms in total. The van der Waals surface area contributed by atoms with E-state index in [0.717, 1.165) is 16.8 Å². The van der Waals surface area contributed by atoms with Crippen LogP contribution in [0, 0.1) is 20.8 Å². The van der Waals surface area contributed by atoms with Crippen molar-refractivity contribution in [3.8, 4) is 0 Å². The zero-order valence-corrected chi connectivity index (χ0v) is 12.3. The van der Waals surface area contributed by atoms with Gasteiger partial charge in [0.1, 0.15) is 0 Å². The smallest absolute Gasteiger partial charge is 0.315 e. The molecule has 2 rings (SSSR count). The number of nitrogens with zero attached hydrogens (tertiary/aromatic N) is 1. The molecule has 0 spiro atoms.